The van der Waals surface area contributed by atoms with E-state index in [1.165, 1.54) is 0 Å². The van der Waals surface area contributed by atoms with Crippen molar-refractivity contribution in [3.63, 3.8) is 0 Å². The van der Waals surface area contributed by atoms with E-state index in [0.717, 1.165) is 33.2 Å². The predicted octanol–water partition coefficient (Wildman–Crippen LogP) is 7.36. The smallest absolute Gasteiger partial charge is 0.336 e. The number of nitrogens with zero attached hydrogens (tertiary/aromatic N) is 2. The molecule has 1 atom stereocenters. The van der Waals surface area contributed by atoms with Gasteiger partial charge in [-0.1, -0.05) is 24.3 Å². The van der Waals surface area contributed by atoms with Gasteiger partial charge in [-0.3, -0.25) is 0 Å². The van der Waals surface area contributed by atoms with E-state index < -0.39 is 5.97 Å². The fraction of sp³-hybridized carbons (Fsp3) is 0.133. The minimum Gasteiger partial charge on any atom is -0.485 e. The summed E-state index contributed by atoms with van der Waals surface area (Å²) >= 11 is 0. The van der Waals surface area contributed by atoms with Crippen molar-refractivity contribution in [2.24, 2.45) is 0 Å². The van der Waals surface area contributed by atoms with Crippen LogP contribution in [0.15, 0.2) is 83.5 Å². The summed E-state index contributed by atoms with van der Waals surface area (Å²) in [7, 11) is 0. The third kappa shape index (κ3) is 3.50. The van der Waals surface area contributed by atoms with Gasteiger partial charge in [-0.05, 0) is 74.4 Å². The Balaban J connectivity index is 1.49. The number of rotatable bonds is 5. The number of carbonyl (C=O) groups is 1. The number of aryl methyl sites for hydroxylation is 2. The van der Waals surface area contributed by atoms with Gasteiger partial charge < -0.3 is 18.7 Å². The number of hydrogen-bond donors (Lipinski definition) is 1. The largest absolute Gasteiger partial charge is 0.485 e. The molecule has 6 heteroatoms. The molecule has 6 rings (SSSR count). The number of fused-ring (bicyclic) bond motifs is 3. The summed E-state index contributed by atoms with van der Waals surface area (Å²) in [6.07, 6.45) is 3.68. The molecule has 0 unspecified atom stereocenters. The van der Waals surface area contributed by atoms with Gasteiger partial charge in [0.25, 0.3) is 0 Å². The lowest BCUT2D eigenvalue weighted by Crippen LogP contribution is -2.07. The number of pyridine rings is 2. The maximum atomic E-state index is 12.5. The summed E-state index contributed by atoms with van der Waals surface area (Å²) in [4.78, 5) is 17.4. The molecule has 6 aromatic rings. The highest BCUT2D eigenvalue weighted by Crippen LogP contribution is 2.38. The zero-order valence-corrected chi connectivity index (χ0v) is 20.1. The summed E-state index contributed by atoms with van der Waals surface area (Å²) in [5.41, 5.74) is 5.78. The molecule has 0 radical (unpaired) electrons. The normalized spacial score (nSPS) is 12.4. The molecule has 178 valence electrons. The Hall–Kier alpha value is -4.58. The number of aromatic nitrogens is 2. The first-order chi connectivity index (χ1) is 17.4. The first-order valence-corrected chi connectivity index (χ1v) is 11.8. The van der Waals surface area contributed by atoms with Crippen molar-refractivity contribution in [3.05, 3.63) is 101 Å². The highest BCUT2D eigenvalue weighted by molar-refractivity contribution is 6.07. The van der Waals surface area contributed by atoms with Crippen LogP contribution in [0.25, 0.3) is 38.8 Å². The maximum Gasteiger partial charge on any atom is 0.336 e. The first-order valence-electron chi connectivity index (χ1n) is 11.8. The van der Waals surface area contributed by atoms with E-state index in [9.17, 15) is 9.90 Å². The van der Waals surface area contributed by atoms with Crippen LogP contribution in [0.4, 0.5) is 0 Å². The molecule has 1 N–H and O–H groups in total. The van der Waals surface area contributed by atoms with Crippen molar-refractivity contribution >= 4 is 33.4 Å². The second kappa shape index (κ2) is 8.27. The monoisotopic (exact) mass is 476 g/mol. The van der Waals surface area contributed by atoms with Crippen LogP contribution < -0.4 is 4.74 Å². The lowest BCUT2D eigenvalue weighted by atomic mass is 10.0. The van der Waals surface area contributed by atoms with Gasteiger partial charge in [-0.25, -0.2) is 9.78 Å². The number of ether oxygens (including phenoxy) is 1. The van der Waals surface area contributed by atoms with Crippen LogP contribution in [-0.4, -0.2) is 20.5 Å². The van der Waals surface area contributed by atoms with Crippen LogP contribution in [0.1, 0.15) is 40.1 Å². The third-order valence-corrected chi connectivity index (χ3v) is 6.76. The van der Waals surface area contributed by atoms with E-state index in [0.29, 0.717) is 28.1 Å². The maximum absolute atomic E-state index is 12.5. The Morgan fingerprint density at radius 3 is 2.67 bits per heavy atom. The fourth-order valence-electron chi connectivity index (χ4n) is 4.81. The zero-order chi connectivity index (χ0) is 25.0. The standard InChI is InChI=1S/C30H24N2O4/c1-17-10-11-26(35-19(3)20-12-14-32-13-6-7-21(32)15-20)27-23(30(33)34)16-24(31-28(17)27)29-18(2)22-8-4-5-9-25(22)36-29/h4-16,19H,1-3H3,(H,33,34)/t19-/m0/s1. The average molecular weight is 477 g/mol. The molecule has 0 aliphatic carbocycles. The lowest BCUT2D eigenvalue weighted by Gasteiger charge is -2.19. The number of hydrogen-bond acceptors (Lipinski definition) is 4. The van der Waals surface area contributed by atoms with Gasteiger partial charge in [0, 0.05) is 28.9 Å². The molecule has 0 saturated heterocycles. The molecule has 0 aliphatic rings. The number of para-hydroxylation sites is 1. The summed E-state index contributed by atoms with van der Waals surface area (Å²) in [6, 6.07) is 21.2. The highest BCUT2D eigenvalue weighted by atomic mass is 16.5. The van der Waals surface area contributed by atoms with E-state index in [1.54, 1.807) is 6.07 Å². The fourth-order valence-corrected chi connectivity index (χ4v) is 4.81. The second-order valence-corrected chi connectivity index (χ2v) is 9.08. The molecular weight excluding hydrogens is 452 g/mol. The summed E-state index contributed by atoms with van der Waals surface area (Å²) in [5.74, 6) is 0.00597. The summed E-state index contributed by atoms with van der Waals surface area (Å²) < 4.78 is 14.5. The number of benzene rings is 2. The van der Waals surface area contributed by atoms with Crippen molar-refractivity contribution in [1.29, 1.82) is 0 Å². The Bertz CT molecular complexity index is 1790. The van der Waals surface area contributed by atoms with Gasteiger partial charge in [0.15, 0.2) is 5.76 Å². The molecule has 0 spiro atoms. The molecule has 4 aromatic heterocycles. The van der Waals surface area contributed by atoms with Gasteiger partial charge in [0.2, 0.25) is 0 Å². The van der Waals surface area contributed by atoms with Gasteiger partial charge in [0.1, 0.15) is 23.1 Å². The molecule has 0 fully saturated rings. The molecule has 2 aromatic carbocycles. The molecule has 6 nitrogen and oxygen atoms in total. The van der Waals surface area contributed by atoms with Gasteiger partial charge >= 0.3 is 5.97 Å². The quantitative estimate of drug-likeness (QED) is 0.281. The summed E-state index contributed by atoms with van der Waals surface area (Å²) in [6.45, 7) is 5.84. The van der Waals surface area contributed by atoms with E-state index in [2.05, 4.69) is 6.07 Å². The molecule has 0 saturated carbocycles. The first kappa shape index (κ1) is 21.9. The van der Waals surface area contributed by atoms with Crippen LogP contribution in [0.5, 0.6) is 5.75 Å². The summed E-state index contributed by atoms with van der Waals surface area (Å²) in [5, 5.41) is 11.7. The van der Waals surface area contributed by atoms with Crippen LogP contribution in [0.3, 0.4) is 0 Å². The Morgan fingerprint density at radius 2 is 1.86 bits per heavy atom. The number of carboxylic acids is 1. The Labute approximate surface area is 207 Å². The third-order valence-electron chi connectivity index (χ3n) is 6.76. The van der Waals surface area contributed by atoms with Gasteiger partial charge in [0.05, 0.1) is 16.5 Å². The molecule has 36 heavy (non-hydrogen) atoms. The molecular formula is C30H24N2O4. The minimum absolute atomic E-state index is 0.128. The molecule has 0 amide bonds. The van der Waals surface area contributed by atoms with Gasteiger partial charge in [-0.2, -0.15) is 0 Å². The number of aromatic carboxylic acids is 1. The second-order valence-electron chi connectivity index (χ2n) is 9.08. The van der Waals surface area contributed by atoms with E-state index in [1.807, 2.05) is 92.2 Å². The molecule has 0 aliphatic heterocycles. The predicted molar refractivity (Wildman–Crippen MR) is 140 cm³/mol. The Kier molecular flexibility index (Phi) is 5.04. The zero-order valence-electron chi connectivity index (χ0n) is 20.1. The lowest BCUT2D eigenvalue weighted by molar-refractivity contribution is 0.0698. The van der Waals surface area contributed by atoms with E-state index in [4.69, 9.17) is 14.1 Å². The van der Waals surface area contributed by atoms with Crippen LogP contribution in [-0.2, 0) is 0 Å². The number of furan rings is 1. The highest BCUT2D eigenvalue weighted by Gasteiger charge is 2.22. The topological polar surface area (TPSA) is 77.0 Å². The molecule has 4 heterocycles. The molecule has 0 bridgehead atoms. The van der Waals surface area contributed by atoms with E-state index in [-0.39, 0.29) is 11.7 Å². The van der Waals surface area contributed by atoms with Crippen molar-refractivity contribution in [1.82, 2.24) is 9.38 Å². The van der Waals surface area contributed by atoms with Crippen molar-refractivity contribution in [2.75, 3.05) is 0 Å². The van der Waals surface area contributed by atoms with E-state index >= 15 is 0 Å². The average Bonchev–Trinajstić information content (AvgIpc) is 3.49. The number of carboxylic acid groups (broad SMARTS) is 1. The SMILES string of the molecule is Cc1c(-c2cc(C(=O)O)c3c(O[C@@H](C)c4ccn5cccc5c4)ccc(C)c3n2)oc2ccccc12. The van der Waals surface area contributed by atoms with Crippen molar-refractivity contribution < 1.29 is 19.1 Å². The van der Waals surface area contributed by atoms with Crippen molar-refractivity contribution in [2.45, 2.75) is 26.9 Å². The Morgan fingerprint density at radius 1 is 1.03 bits per heavy atom. The van der Waals surface area contributed by atoms with Crippen LogP contribution in [0, 0.1) is 13.8 Å². The van der Waals surface area contributed by atoms with Crippen LogP contribution in [0.2, 0.25) is 0 Å². The minimum atomic E-state index is -1.05. The van der Waals surface area contributed by atoms with Gasteiger partial charge in [-0.15, -0.1) is 0 Å². The van der Waals surface area contributed by atoms with Crippen molar-refractivity contribution in [3.8, 4) is 17.2 Å². The van der Waals surface area contributed by atoms with Crippen LogP contribution >= 0.6 is 0 Å².